The lowest BCUT2D eigenvalue weighted by Gasteiger charge is -2.12. The van der Waals surface area contributed by atoms with Crippen molar-refractivity contribution in [1.82, 2.24) is 15.2 Å². The molecular formula is C19H17N5O5. The summed E-state index contributed by atoms with van der Waals surface area (Å²) >= 11 is 0. The number of nitro groups is 1. The first kappa shape index (κ1) is 19.7. The maximum atomic E-state index is 12.6. The third-order valence-corrected chi connectivity index (χ3v) is 4.11. The van der Waals surface area contributed by atoms with E-state index in [0.717, 1.165) is 12.1 Å². The van der Waals surface area contributed by atoms with Gasteiger partial charge in [0.25, 0.3) is 11.5 Å². The van der Waals surface area contributed by atoms with E-state index in [1.165, 1.54) is 17.0 Å². The summed E-state index contributed by atoms with van der Waals surface area (Å²) in [7, 11) is 0. The van der Waals surface area contributed by atoms with Crippen LogP contribution in [0.3, 0.4) is 0 Å². The normalized spacial score (nSPS) is 11.3. The van der Waals surface area contributed by atoms with E-state index in [1.807, 2.05) is 0 Å². The highest BCUT2D eigenvalue weighted by Gasteiger charge is 2.17. The summed E-state index contributed by atoms with van der Waals surface area (Å²) in [5, 5.41) is 29.1. The van der Waals surface area contributed by atoms with Crippen LogP contribution in [-0.4, -0.2) is 31.9 Å². The summed E-state index contributed by atoms with van der Waals surface area (Å²) in [5.41, 5.74) is 1.87. The maximum absolute atomic E-state index is 12.6. The van der Waals surface area contributed by atoms with Gasteiger partial charge >= 0.3 is 5.69 Å². The van der Waals surface area contributed by atoms with E-state index in [0.29, 0.717) is 16.3 Å². The lowest BCUT2D eigenvalue weighted by molar-refractivity contribution is -0.385. The van der Waals surface area contributed by atoms with Crippen LogP contribution < -0.4 is 11.0 Å². The molecule has 0 spiro atoms. The average Bonchev–Trinajstić information content (AvgIpc) is 2.69. The first-order chi connectivity index (χ1) is 13.8. The summed E-state index contributed by atoms with van der Waals surface area (Å²) in [6.07, 6.45) is 1.20. The van der Waals surface area contributed by atoms with Gasteiger partial charge < -0.3 is 5.11 Å². The van der Waals surface area contributed by atoms with E-state index in [4.69, 9.17) is 0 Å². The van der Waals surface area contributed by atoms with E-state index in [9.17, 15) is 24.8 Å². The van der Waals surface area contributed by atoms with Gasteiger partial charge in [-0.15, -0.1) is 0 Å². The molecule has 10 nitrogen and oxygen atoms in total. The van der Waals surface area contributed by atoms with Gasteiger partial charge in [-0.25, -0.2) is 10.1 Å². The Morgan fingerprint density at radius 1 is 1.28 bits per heavy atom. The van der Waals surface area contributed by atoms with Crippen molar-refractivity contribution in [3.05, 3.63) is 74.2 Å². The molecule has 1 aromatic heterocycles. The number of hydrogen-bond acceptors (Lipinski definition) is 7. The first-order valence-electron chi connectivity index (χ1n) is 8.62. The lowest BCUT2D eigenvalue weighted by atomic mass is 10.1. The number of aromatic hydroxyl groups is 1. The smallest absolute Gasteiger partial charge is 0.311 e. The molecule has 0 unspecified atom stereocenters. The molecule has 3 aromatic rings. The Hall–Kier alpha value is -4.08. The van der Waals surface area contributed by atoms with Crippen molar-refractivity contribution < 1.29 is 14.8 Å². The molecule has 148 valence electrons. The molecule has 0 aliphatic rings. The maximum Gasteiger partial charge on any atom is 0.311 e. The number of rotatable bonds is 5. The van der Waals surface area contributed by atoms with E-state index in [-0.39, 0.29) is 17.3 Å². The molecule has 0 fully saturated rings. The van der Waals surface area contributed by atoms with Crippen LogP contribution in [0.4, 0.5) is 5.69 Å². The number of aromatic nitrogens is 2. The fourth-order valence-electron chi connectivity index (χ4n) is 2.71. The first-order valence-corrected chi connectivity index (χ1v) is 8.62. The van der Waals surface area contributed by atoms with E-state index >= 15 is 0 Å². The number of phenolic OH excluding ortho intramolecular Hbond substituents is 1. The second kappa shape index (κ2) is 7.89. The minimum Gasteiger partial charge on any atom is -0.502 e. The topological polar surface area (TPSA) is 140 Å². The van der Waals surface area contributed by atoms with Gasteiger partial charge in [-0.05, 0) is 32.0 Å². The highest BCUT2D eigenvalue weighted by atomic mass is 16.6. The van der Waals surface area contributed by atoms with Gasteiger partial charge in [0.15, 0.2) is 11.4 Å². The molecule has 29 heavy (non-hydrogen) atoms. The number of nitro benzene ring substituents is 1. The molecule has 0 bridgehead atoms. The quantitative estimate of drug-likeness (QED) is 0.386. The van der Waals surface area contributed by atoms with Crippen LogP contribution >= 0.6 is 0 Å². The largest absolute Gasteiger partial charge is 0.502 e. The predicted molar refractivity (Wildman–Crippen MR) is 106 cm³/mol. The molecule has 2 aromatic carbocycles. The Morgan fingerprint density at radius 2 is 1.97 bits per heavy atom. The molecule has 2 N–H and O–H groups in total. The molecule has 1 amide bonds. The second-order valence-corrected chi connectivity index (χ2v) is 6.44. The Kier molecular flexibility index (Phi) is 5.35. The molecule has 0 saturated heterocycles. The van der Waals surface area contributed by atoms with Gasteiger partial charge in [0.2, 0.25) is 0 Å². The van der Waals surface area contributed by atoms with Gasteiger partial charge in [-0.1, -0.05) is 18.2 Å². The number of benzene rings is 2. The minimum atomic E-state index is -0.726. The number of hydrazone groups is 1. The molecule has 0 atom stereocenters. The Bertz CT molecular complexity index is 1200. The van der Waals surface area contributed by atoms with Gasteiger partial charge in [-0.2, -0.15) is 10.2 Å². The Labute approximate surface area is 164 Å². The summed E-state index contributed by atoms with van der Waals surface area (Å²) < 4.78 is 1.23. The molecule has 0 saturated carbocycles. The summed E-state index contributed by atoms with van der Waals surface area (Å²) in [6.45, 7) is 3.56. The number of carbonyl (C=O) groups excluding carboxylic acids is 1. The SMILES string of the molecule is CC(C)n1nc(C(=O)N/N=C\c2ccc(O)c([N+](=O)[O-])c2)c2ccccc2c1=O. The van der Waals surface area contributed by atoms with Crippen molar-refractivity contribution in [1.29, 1.82) is 0 Å². The zero-order chi connectivity index (χ0) is 21.1. The highest BCUT2D eigenvalue weighted by molar-refractivity contribution is 6.05. The fraction of sp³-hybridized carbons (Fsp3) is 0.158. The molecule has 3 rings (SSSR count). The fourth-order valence-corrected chi connectivity index (χ4v) is 2.71. The van der Waals surface area contributed by atoms with Crippen molar-refractivity contribution >= 4 is 28.6 Å². The molecular weight excluding hydrogens is 378 g/mol. The standard InChI is InChI=1S/C19H17N5O5/c1-11(2)23-19(27)14-6-4-3-5-13(14)17(22-23)18(26)21-20-10-12-7-8-16(25)15(9-12)24(28)29/h3-11,25H,1-2H3,(H,21,26)/b20-10-. The van der Waals surface area contributed by atoms with Crippen molar-refractivity contribution in [2.45, 2.75) is 19.9 Å². The minimum absolute atomic E-state index is 0.0303. The van der Waals surface area contributed by atoms with Crippen LogP contribution in [-0.2, 0) is 0 Å². The predicted octanol–water partition coefficient (Wildman–Crippen LogP) is 2.36. The van der Waals surface area contributed by atoms with Crippen LogP contribution in [0, 0.1) is 10.1 Å². The molecule has 10 heteroatoms. The second-order valence-electron chi connectivity index (χ2n) is 6.44. The average molecular weight is 395 g/mol. The summed E-state index contributed by atoms with van der Waals surface area (Å²) in [4.78, 5) is 35.3. The number of fused-ring (bicyclic) bond motifs is 1. The molecule has 0 aliphatic heterocycles. The summed E-state index contributed by atoms with van der Waals surface area (Å²) in [5.74, 6) is -1.11. The van der Waals surface area contributed by atoms with E-state index in [2.05, 4.69) is 15.6 Å². The third kappa shape index (κ3) is 3.95. The zero-order valence-electron chi connectivity index (χ0n) is 15.6. The number of nitrogens with one attached hydrogen (secondary N) is 1. The van der Waals surface area contributed by atoms with Crippen molar-refractivity contribution in [2.75, 3.05) is 0 Å². The monoisotopic (exact) mass is 395 g/mol. The zero-order valence-corrected chi connectivity index (χ0v) is 15.6. The van der Waals surface area contributed by atoms with Crippen molar-refractivity contribution in [3.63, 3.8) is 0 Å². The molecule has 1 heterocycles. The van der Waals surface area contributed by atoms with Gasteiger partial charge in [0, 0.05) is 17.0 Å². The van der Waals surface area contributed by atoms with Crippen LogP contribution in [0.15, 0.2) is 52.4 Å². The molecule has 0 aliphatic carbocycles. The number of amides is 1. The third-order valence-electron chi connectivity index (χ3n) is 4.11. The summed E-state index contributed by atoms with van der Waals surface area (Å²) in [6, 6.07) is 10.1. The number of hydrogen-bond donors (Lipinski definition) is 2. The van der Waals surface area contributed by atoms with Crippen molar-refractivity contribution in [3.8, 4) is 5.75 Å². The van der Waals surface area contributed by atoms with E-state index in [1.54, 1.807) is 38.1 Å². The number of nitrogens with zero attached hydrogens (tertiary/aromatic N) is 4. The highest BCUT2D eigenvalue weighted by Crippen LogP contribution is 2.25. The Morgan fingerprint density at radius 3 is 2.62 bits per heavy atom. The Balaban J connectivity index is 1.92. The van der Waals surface area contributed by atoms with Crippen LogP contribution in [0.25, 0.3) is 10.8 Å². The van der Waals surface area contributed by atoms with Crippen LogP contribution in [0.2, 0.25) is 0 Å². The van der Waals surface area contributed by atoms with Gasteiger partial charge in [0.1, 0.15) is 0 Å². The lowest BCUT2D eigenvalue weighted by Crippen LogP contribution is -2.30. The van der Waals surface area contributed by atoms with Crippen LogP contribution in [0.5, 0.6) is 5.75 Å². The van der Waals surface area contributed by atoms with Gasteiger partial charge in [-0.3, -0.25) is 19.7 Å². The molecule has 0 radical (unpaired) electrons. The van der Waals surface area contributed by atoms with Gasteiger partial charge in [0.05, 0.1) is 22.6 Å². The number of phenols is 1. The van der Waals surface area contributed by atoms with Crippen molar-refractivity contribution in [2.24, 2.45) is 5.10 Å². The van der Waals surface area contributed by atoms with E-state index < -0.39 is 22.3 Å². The van der Waals surface area contributed by atoms with Crippen LogP contribution in [0.1, 0.15) is 35.9 Å². The number of carbonyl (C=O) groups is 1.